The molecule has 4 nitrogen and oxygen atoms in total. The molecule has 2 atom stereocenters. The maximum Gasteiger partial charge on any atom is 0.183 e. The zero-order valence-electron chi connectivity index (χ0n) is 22.1. The van der Waals surface area contributed by atoms with Crippen LogP contribution < -0.4 is 0 Å². The highest BCUT2D eigenvalue weighted by molar-refractivity contribution is 7.98. The van der Waals surface area contributed by atoms with E-state index < -0.39 is 11.1 Å². The van der Waals surface area contributed by atoms with Gasteiger partial charge >= 0.3 is 0 Å². The Labute approximate surface area is 220 Å². The molecule has 0 aliphatic carbocycles. The molecule has 3 aromatic rings. The summed E-state index contributed by atoms with van der Waals surface area (Å²) in [7, 11) is 8.02. The first-order valence-corrected chi connectivity index (χ1v) is 13.5. The quantitative estimate of drug-likeness (QED) is 0.171. The summed E-state index contributed by atoms with van der Waals surface area (Å²) in [6.45, 7) is 0. The molecule has 5 heteroatoms. The minimum absolute atomic E-state index is 0.0780. The van der Waals surface area contributed by atoms with E-state index in [-0.39, 0.29) is 5.78 Å². The van der Waals surface area contributed by atoms with E-state index in [0.717, 1.165) is 22.3 Å². The minimum atomic E-state index is -0.857. The zero-order valence-corrected chi connectivity index (χ0v) is 22.9. The standard InChI is InChI=1S/C31H38N2O2S/c1-32(2)30(20-21-34,22-25-12-8-6-9-13-25)24-31(33(3)4,23-26-14-10-7-11-15-26)29(35)27-16-18-28(36-5)19-17-27/h6-19,21H,20,22-24H2,1-5H3. The Morgan fingerprint density at radius 1 is 0.778 bits per heavy atom. The molecule has 0 radical (unpaired) electrons. The van der Waals surface area contributed by atoms with Gasteiger partial charge < -0.3 is 9.69 Å². The second kappa shape index (κ2) is 12.5. The van der Waals surface area contributed by atoms with Crippen LogP contribution in [-0.2, 0) is 17.6 Å². The number of benzene rings is 3. The smallest absolute Gasteiger partial charge is 0.183 e. The van der Waals surface area contributed by atoms with Gasteiger partial charge in [-0.25, -0.2) is 0 Å². The maximum absolute atomic E-state index is 14.5. The molecule has 0 saturated heterocycles. The van der Waals surface area contributed by atoms with Crippen LogP contribution in [-0.4, -0.2) is 67.4 Å². The van der Waals surface area contributed by atoms with Gasteiger partial charge in [0.25, 0.3) is 0 Å². The van der Waals surface area contributed by atoms with Crippen LogP contribution in [0.15, 0.2) is 89.8 Å². The molecular weight excluding hydrogens is 464 g/mol. The summed E-state index contributed by atoms with van der Waals surface area (Å²) in [6, 6.07) is 28.3. The lowest BCUT2D eigenvalue weighted by atomic mass is 9.70. The van der Waals surface area contributed by atoms with E-state index in [2.05, 4.69) is 34.1 Å². The SMILES string of the molecule is CSc1ccc(C(=O)C(Cc2ccccc2)(CC(CC=O)(Cc2ccccc2)N(C)C)N(C)C)cc1. The van der Waals surface area contributed by atoms with Gasteiger partial charge in [-0.15, -0.1) is 11.8 Å². The normalized spacial score (nSPS) is 14.9. The highest BCUT2D eigenvalue weighted by Gasteiger charge is 2.49. The molecule has 190 valence electrons. The van der Waals surface area contributed by atoms with Crippen molar-refractivity contribution >= 4 is 23.8 Å². The fraction of sp³-hybridized carbons (Fsp3) is 0.355. The van der Waals surface area contributed by atoms with Crippen molar-refractivity contribution in [3.05, 3.63) is 102 Å². The van der Waals surface area contributed by atoms with Gasteiger partial charge in [-0.3, -0.25) is 9.69 Å². The van der Waals surface area contributed by atoms with E-state index in [1.807, 2.05) is 95.1 Å². The second-order valence-electron chi connectivity index (χ2n) is 9.97. The number of Topliss-reactive ketones (excluding diaryl/α,β-unsaturated/α-hetero) is 1. The summed E-state index contributed by atoms with van der Waals surface area (Å²) in [5.41, 5.74) is 1.54. The number of hydrogen-bond donors (Lipinski definition) is 0. The first-order chi connectivity index (χ1) is 17.3. The monoisotopic (exact) mass is 502 g/mol. The molecule has 3 rings (SSSR count). The van der Waals surface area contributed by atoms with Crippen LogP contribution in [0.4, 0.5) is 0 Å². The summed E-state index contributed by atoms with van der Waals surface area (Å²) in [5.74, 6) is 0.0780. The first-order valence-electron chi connectivity index (χ1n) is 12.3. The van der Waals surface area contributed by atoms with Crippen molar-refractivity contribution in [1.29, 1.82) is 0 Å². The van der Waals surface area contributed by atoms with Gasteiger partial charge in [-0.2, -0.15) is 0 Å². The van der Waals surface area contributed by atoms with E-state index in [1.54, 1.807) is 11.8 Å². The predicted molar refractivity (Wildman–Crippen MR) is 151 cm³/mol. The predicted octanol–water partition coefficient (Wildman–Crippen LogP) is 5.66. The number of hydrogen-bond acceptors (Lipinski definition) is 5. The topological polar surface area (TPSA) is 40.6 Å². The van der Waals surface area contributed by atoms with Crippen LogP contribution in [0.2, 0.25) is 0 Å². The number of ketones is 1. The molecule has 0 aliphatic heterocycles. The number of likely N-dealkylation sites (N-methyl/N-ethyl adjacent to an activating group) is 2. The van der Waals surface area contributed by atoms with Crippen molar-refractivity contribution in [1.82, 2.24) is 9.80 Å². The Morgan fingerprint density at radius 2 is 1.31 bits per heavy atom. The average molecular weight is 503 g/mol. The third-order valence-corrected chi connectivity index (χ3v) is 8.12. The van der Waals surface area contributed by atoms with Crippen LogP contribution >= 0.6 is 11.8 Å². The van der Waals surface area contributed by atoms with Gasteiger partial charge in [0.05, 0.1) is 5.54 Å². The number of rotatable bonds is 13. The Bertz CT molecular complexity index is 1120. The van der Waals surface area contributed by atoms with Gasteiger partial charge in [0.15, 0.2) is 5.78 Å². The van der Waals surface area contributed by atoms with Crippen molar-refractivity contribution in [3.63, 3.8) is 0 Å². The second-order valence-corrected chi connectivity index (χ2v) is 10.9. The first kappa shape index (κ1) is 27.9. The summed E-state index contributed by atoms with van der Waals surface area (Å²) in [5, 5.41) is 0. The number of carbonyl (C=O) groups excluding carboxylic acids is 2. The Balaban J connectivity index is 2.17. The summed E-state index contributed by atoms with van der Waals surface area (Å²) in [4.78, 5) is 32.0. The van der Waals surface area contributed by atoms with E-state index in [1.165, 1.54) is 0 Å². The Morgan fingerprint density at radius 3 is 1.75 bits per heavy atom. The van der Waals surface area contributed by atoms with E-state index >= 15 is 0 Å². The molecule has 3 aromatic carbocycles. The molecule has 0 fully saturated rings. The number of thioether (sulfide) groups is 1. The summed E-state index contributed by atoms with van der Waals surface area (Å²) in [6.07, 6.45) is 5.09. The summed E-state index contributed by atoms with van der Waals surface area (Å²) < 4.78 is 0. The Kier molecular flexibility index (Phi) is 9.66. The average Bonchev–Trinajstić information content (AvgIpc) is 2.89. The van der Waals surface area contributed by atoms with Crippen molar-refractivity contribution < 1.29 is 9.59 Å². The zero-order chi connectivity index (χ0) is 26.2. The van der Waals surface area contributed by atoms with Crippen LogP contribution in [0.25, 0.3) is 0 Å². The molecule has 2 unspecified atom stereocenters. The minimum Gasteiger partial charge on any atom is -0.303 e. The van der Waals surface area contributed by atoms with E-state index in [0.29, 0.717) is 31.2 Å². The molecule has 0 N–H and O–H groups in total. The van der Waals surface area contributed by atoms with Gasteiger partial charge in [0, 0.05) is 22.4 Å². The number of aldehydes is 1. The third-order valence-electron chi connectivity index (χ3n) is 7.38. The lowest BCUT2D eigenvalue weighted by Crippen LogP contribution is -2.61. The highest BCUT2D eigenvalue weighted by atomic mass is 32.2. The Hall–Kier alpha value is -2.73. The van der Waals surface area contributed by atoms with Crippen molar-refractivity contribution in [2.24, 2.45) is 0 Å². The lowest BCUT2D eigenvalue weighted by molar-refractivity contribution is -0.110. The van der Waals surface area contributed by atoms with Crippen LogP contribution in [0.3, 0.4) is 0 Å². The van der Waals surface area contributed by atoms with Gasteiger partial charge in [-0.1, -0.05) is 72.8 Å². The maximum atomic E-state index is 14.5. The molecule has 0 saturated carbocycles. The molecule has 0 bridgehead atoms. The van der Waals surface area contributed by atoms with Gasteiger partial charge in [-0.05, 0) is 77.0 Å². The van der Waals surface area contributed by atoms with Crippen LogP contribution in [0.5, 0.6) is 0 Å². The molecule has 0 aliphatic rings. The van der Waals surface area contributed by atoms with E-state index in [9.17, 15) is 9.59 Å². The molecule has 0 amide bonds. The molecule has 0 spiro atoms. The fourth-order valence-corrected chi connectivity index (χ4v) is 5.48. The van der Waals surface area contributed by atoms with Crippen LogP contribution in [0.1, 0.15) is 34.3 Å². The fourth-order valence-electron chi connectivity index (χ4n) is 5.07. The summed E-state index contributed by atoms with van der Waals surface area (Å²) >= 11 is 1.66. The molecule has 0 aromatic heterocycles. The number of nitrogens with zero attached hydrogens (tertiary/aromatic N) is 2. The van der Waals surface area contributed by atoms with Gasteiger partial charge in [0.1, 0.15) is 6.29 Å². The molecular formula is C31H38N2O2S. The number of carbonyl (C=O) groups is 2. The highest BCUT2D eigenvalue weighted by Crippen LogP contribution is 2.38. The lowest BCUT2D eigenvalue weighted by Gasteiger charge is -2.49. The van der Waals surface area contributed by atoms with Gasteiger partial charge in [0.2, 0.25) is 0 Å². The van der Waals surface area contributed by atoms with Crippen molar-refractivity contribution in [2.45, 2.75) is 41.7 Å². The molecule has 0 heterocycles. The third kappa shape index (κ3) is 6.33. The van der Waals surface area contributed by atoms with E-state index in [4.69, 9.17) is 0 Å². The largest absolute Gasteiger partial charge is 0.303 e. The van der Waals surface area contributed by atoms with Crippen LogP contribution in [0, 0.1) is 0 Å². The van der Waals surface area contributed by atoms with Crippen molar-refractivity contribution in [2.75, 3.05) is 34.4 Å². The molecule has 36 heavy (non-hydrogen) atoms. The van der Waals surface area contributed by atoms with Crippen molar-refractivity contribution in [3.8, 4) is 0 Å².